The van der Waals surface area contributed by atoms with Gasteiger partial charge in [0, 0.05) is 0 Å². The fourth-order valence-corrected chi connectivity index (χ4v) is 8.92. The predicted molar refractivity (Wildman–Crippen MR) is 49.6 cm³/mol. The van der Waals surface area contributed by atoms with Crippen LogP contribution in [-0.2, 0) is 9.22 Å². The van der Waals surface area contributed by atoms with Crippen LogP contribution in [0.15, 0.2) is 0 Å². The first-order valence-electron chi connectivity index (χ1n) is 3.79. The molecule has 0 aromatic rings. The number of halogens is 1. The Hall–Kier alpha value is 1.16. The third-order valence-electron chi connectivity index (χ3n) is 0.950. The van der Waals surface area contributed by atoms with E-state index < -0.39 is 17.4 Å². The summed E-state index contributed by atoms with van der Waals surface area (Å²) in [6.45, 7) is 7.73. The van der Waals surface area contributed by atoms with Crippen LogP contribution in [0.4, 0.5) is 0 Å². The van der Waals surface area contributed by atoms with Gasteiger partial charge < -0.3 is 0 Å². The Bertz CT molecular complexity index is 84.8. The molecule has 5 heteroatoms. The fraction of sp³-hybridized carbons (Fsp3) is 1.00. The Labute approximate surface area is 79.7 Å². The first kappa shape index (κ1) is 12.2. The van der Waals surface area contributed by atoms with Gasteiger partial charge in [0.15, 0.2) is 0 Å². The quantitative estimate of drug-likeness (QED) is 0.695. The third-order valence-corrected chi connectivity index (χ3v) is 11.0. The third kappa shape index (κ3) is 5.41. The van der Waals surface area contributed by atoms with Gasteiger partial charge in [-0.05, 0) is 0 Å². The van der Waals surface area contributed by atoms with Gasteiger partial charge >= 0.3 is 79.9 Å². The van der Waals surface area contributed by atoms with Gasteiger partial charge in [0.1, 0.15) is 0 Å². The van der Waals surface area contributed by atoms with Crippen molar-refractivity contribution in [3.8, 4) is 0 Å². The van der Waals surface area contributed by atoms with Crippen molar-refractivity contribution in [2.45, 2.75) is 20.8 Å². The Morgan fingerprint density at radius 2 is 1.18 bits per heavy atom. The zero-order valence-electron chi connectivity index (χ0n) is 7.22. The molecule has 0 atom stereocenters. The molecule has 68 valence electrons. The van der Waals surface area contributed by atoms with Crippen molar-refractivity contribution >= 4 is 30.1 Å². The van der Waals surface area contributed by atoms with Crippen LogP contribution in [0.2, 0.25) is 0 Å². The Kier molecular flexibility index (Phi) is 7.35. The van der Waals surface area contributed by atoms with Crippen molar-refractivity contribution in [3.05, 3.63) is 0 Å². The molecule has 0 rings (SSSR count). The minimum absolute atomic E-state index is 0.640. The Morgan fingerprint density at radius 1 is 0.909 bits per heavy atom. The number of rotatable bonds is 6. The van der Waals surface area contributed by atoms with E-state index in [-0.39, 0.29) is 0 Å². The Balaban J connectivity index is 3.79. The van der Waals surface area contributed by atoms with Gasteiger partial charge in [0.2, 0.25) is 0 Å². The van der Waals surface area contributed by atoms with Gasteiger partial charge in [-0.3, -0.25) is 0 Å². The zero-order chi connectivity index (χ0) is 8.74. The first-order chi connectivity index (χ1) is 5.18. The summed E-state index contributed by atoms with van der Waals surface area (Å²) < 4.78 is 16.2. The van der Waals surface area contributed by atoms with Crippen LogP contribution in [0.25, 0.3) is 0 Å². The molecule has 0 heterocycles. The van der Waals surface area contributed by atoms with E-state index in [9.17, 15) is 0 Å². The maximum atomic E-state index is 5.39. The molecule has 0 bridgehead atoms. The predicted octanol–water partition coefficient (Wildman–Crippen LogP) is 1.93. The van der Waals surface area contributed by atoms with Crippen LogP contribution < -0.4 is 0 Å². The molecule has 0 aliphatic rings. The van der Waals surface area contributed by atoms with E-state index in [4.69, 9.17) is 9.22 Å². The molecule has 0 N–H and O–H groups in total. The summed E-state index contributed by atoms with van der Waals surface area (Å²) in [4.78, 5) is 0. The zero-order valence-corrected chi connectivity index (χ0v) is 11.7. The summed E-state index contributed by atoms with van der Waals surface area (Å²) in [5, 5.41) is 0. The van der Waals surface area contributed by atoms with Gasteiger partial charge in [-0.15, -0.1) is 0 Å². The van der Waals surface area contributed by atoms with E-state index >= 15 is 0 Å². The van der Waals surface area contributed by atoms with Crippen molar-refractivity contribution in [2.24, 2.45) is 0 Å². The summed E-state index contributed by atoms with van der Waals surface area (Å²) in [5.74, 6) is 0. The van der Waals surface area contributed by atoms with E-state index in [1.807, 2.05) is 20.8 Å². The van der Waals surface area contributed by atoms with Crippen molar-refractivity contribution in [1.82, 2.24) is 0 Å². The van der Waals surface area contributed by atoms with Gasteiger partial charge in [-0.2, -0.15) is 0 Å². The standard InChI is InChI=1S/3C2H5O.BrH.Sn/c3*1-2-3;;/h3*2H2,1H3;1H;/q3*-1;;+4/p-1. The normalized spacial score (nSPS) is 12.0. The van der Waals surface area contributed by atoms with Crippen LogP contribution in [0.5, 0.6) is 0 Å². The van der Waals surface area contributed by atoms with Gasteiger partial charge in [0.05, 0.1) is 0 Å². The van der Waals surface area contributed by atoms with E-state index in [1.165, 1.54) is 0 Å². The van der Waals surface area contributed by atoms with Crippen LogP contribution in [0.1, 0.15) is 20.8 Å². The van der Waals surface area contributed by atoms with Gasteiger partial charge in [-0.25, -0.2) is 0 Å². The second-order valence-corrected chi connectivity index (χ2v) is 13.5. The van der Waals surface area contributed by atoms with Crippen LogP contribution in [-0.4, -0.2) is 37.2 Å². The van der Waals surface area contributed by atoms with E-state index in [0.29, 0.717) is 19.8 Å². The molecule has 0 unspecified atom stereocenters. The van der Waals surface area contributed by atoms with E-state index in [0.717, 1.165) is 0 Å². The topological polar surface area (TPSA) is 27.7 Å². The molecule has 3 nitrogen and oxygen atoms in total. The molecule has 11 heavy (non-hydrogen) atoms. The average Bonchev–Trinajstić information content (AvgIpc) is 1.88. The van der Waals surface area contributed by atoms with E-state index in [1.54, 1.807) is 0 Å². The molecule has 0 aliphatic heterocycles. The van der Waals surface area contributed by atoms with Crippen LogP contribution in [0, 0.1) is 0 Å². The molecule has 0 spiro atoms. The maximum absolute atomic E-state index is 5.39. The average molecular weight is 334 g/mol. The molecule has 0 aromatic heterocycles. The molecule has 0 aromatic carbocycles. The van der Waals surface area contributed by atoms with Crippen LogP contribution in [0.3, 0.4) is 0 Å². The van der Waals surface area contributed by atoms with Crippen molar-refractivity contribution in [2.75, 3.05) is 19.8 Å². The summed E-state index contributed by atoms with van der Waals surface area (Å²) in [6, 6.07) is 0. The second-order valence-electron chi connectivity index (χ2n) is 1.78. The molecule has 0 saturated heterocycles. The summed E-state index contributed by atoms with van der Waals surface area (Å²) in [5.41, 5.74) is 0. The molecule has 0 amide bonds. The molecule has 0 radical (unpaired) electrons. The SMILES string of the molecule is CC[O][Sn]([Br])([O]CC)[O]CC. The van der Waals surface area contributed by atoms with Crippen molar-refractivity contribution < 1.29 is 9.22 Å². The van der Waals surface area contributed by atoms with Crippen molar-refractivity contribution in [3.63, 3.8) is 0 Å². The van der Waals surface area contributed by atoms with Crippen LogP contribution >= 0.6 is 12.7 Å². The molecule has 0 saturated carbocycles. The monoisotopic (exact) mass is 334 g/mol. The molecular formula is C6H15BrO3Sn. The van der Waals surface area contributed by atoms with Gasteiger partial charge in [-0.1, -0.05) is 0 Å². The number of hydrogen-bond acceptors (Lipinski definition) is 3. The number of hydrogen-bond donors (Lipinski definition) is 0. The first-order valence-corrected chi connectivity index (χ1v) is 13.7. The summed E-state index contributed by atoms with van der Waals surface area (Å²) in [6.07, 6.45) is 0. The summed E-state index contributed by atoms with van der Waals surface area (Å²) in [7, 11) is 0. The second kappa shape index (κ2) is 6.65. The van der Waals surface area contributed by atoms with E-state index in [2.05, 4.69) is 12.7 Å². The molecule has 0 fully saturated rings. The molecule has 0 aliphatic carbocycles. The Morgan fingerprint density at radius 3 is 1.36 bits per heavy atom. The summed E-state index contributed by atoms with van der Waals surface area (Å²) >= 11 is 0.255. The fourth-order valence-electron chi connectivity index (χ4n) is 0.642. The van der Waals surface area contributed by atoms with Gasteiger partial charge in [0.25, 0.3) is 0 Å². The molecular weight excluding hydrogens is 319 g/mol. The van der Waals surface area contributed by atoms with Crippen molar-refractivity contribution in [1.29, 1.82) is 0 Å². The minimum atomic E-state index is -3.15.